The van der Waals surface area contributed by atoms with E-state index in [-0.39, 0.29) is 22.4 Å². The smallest absolute Gasteiger partial charge is 1.00 e. The van der Waals surface area contributed by atoms with E-state index in [0.717, 1.165) is 0 Å². The van der Waals surface area contributed by atoms with Crippen molar-refractivity contribution in [2.24, 2.45) is 0 Å². The first-order valence-corrected chi connectivity index (χ1v) is 26.8. The number of aryl methyl sites for hydroxylation is 2. The van der Waals surface area contributed by atoms with Gasteiger partial charge in [-0.1, -0.05) is 122 Å². The molecule has 0 amide bonds. The van der Waals surface area contributed by atoms with Crippen molar-refractivity contribution in [2.75, 3.05) is 0 Å². The Morgan fingerprint density at radius 3 is 1.16 bits per heavy atom. The number of halogens is 1. The molecule has 0 radical (unpaired) electrons. The molecule has 45 heavy (non-hydrogen) atoms. The van der Waals surface area contributed by atoms with Gasteiger partial charge in [-0.2, -0.15) is 12.1 Å². The molecule has 8 aromatic carbocycles. The largest absolute Gasteiger partial charge is 1.00 e. The van der Waals surface area contributed by atoms with E-state index in [0.29, 0.717) is 0 Å². The second kappa shape index (κ2) is 14.9. The van der Waals surface area contributed by atoms with Crippen molar-refractivity contribution in [1.82, 2.24) is 0 Å². The Hall–Kier alpha value is -3.22. The van der Waals surface area contributed by atoms with Crippen LogP contribution in [0.15, 0.2) is 146 Å². The van der Waals surface area contributed by atoms with Gasteiger partial charge in [0.15, 0.2) is 0 Å². The van der Waals surface area contributed by atoms with E-state index in [9.17, 15) is 0 Å². The minimum atomic E-state index is -0.243. The fourth-order valence-corrected chi connectivity index (χ4v) is 6.16. The van der Waals surface area contributed by atoms with Gasteiger partial charge < -0.3 is 12.4 Å². The number of hydrogen-bond donors (Lipinski definition) is 0. The molecule has 0 atom stereocenters. The van der Waals surface area contributed by atoms with Crippen LogP contribution in [0.25, 0.3) is 65.3 Å². The van der Waals surface area contributed by atoms with Crippen molar-refractivity contribution in [1.29, 1.82) is 0 Å². The summed E-state index contributed by atoms with van der Waals surface area (Å²) in [6.07, 6.45) is 0. The van der Waals surface area contributed by atoms with E-state index in [1.807, 2.05) is 0 Å². The van der Waals surface area contributed by atoms with Crippen LogP contribution in [0, 0.1) is 13.8 Å². The zero-order valence-electron chi connectivity index (χ0n) is 26.2. The first-order valence-electron chi connectivity index (χ1n) is 15.2. The fourth-order valence-electron chi connectivity index (χ4n) is 6.16. The van der Waals surface area contributed by atoms with Crippen LogP contribution in [0.1, 0.15) is 11.1 Å². The molecule has 222 valence electrons. The third kappa shape index (κ3) is 7.44. The van der Waals surface area contributed by atoms with Gasteiger partial charge in [0.1, 0.15) is 0 Å². The molecule has 0 N–H and O–H groups in total. The first-order chi connectivity index (χ1) is 21.4. The van der Waals surface area contributed by atoms with Crippen LogP contribution in [0.4, 0.5) is 0 Å². The maximum absolute atomic E-state index is 2.37. The van der Waals surface area contributed by atoms with Crippen LogP contribution in [0.3, 0.4) is 0 Å². The van der Waals surface area contributed by atoms with Crippen molar-refractivity contribution < 1.29 is 34.0 Å². The van der Waals surface area contributed by atoms with Gasteiger partial charge in [0.2, 0.25) is 0 Å². The zero-order chi connectivity index (χ0) is 30.6. The second-order valence-electron chi connectivity index (χ2n) is 11.7. The second-order valence-corrected chi connectivity index (χ2v) is 28.7. The van der Waals surface area contributed by atoms with E-state index in [2.05, 4.69) is 171 Å². The summed E-state index contributed by atoms with van der Waals surface area (Å²) in [5, 5.41) is 10.6. The maximum Gasteiger partial charge on any atom is -1.00 e. The van der Waals surface area contributed by atoms with Crippen molar-refractivity contribution in [2.45, 2.75) is 25.4 Å². The van der Waals surface area contributed by atoms with Crippen LogP contribution in [-0.4, -0.2) is 9.98 Å². The third-order valence-electron chi connectivity index (χ3n) is 7.95. The standard InChI is InChI=1S/2C20H15.C2H6Ge.ClH.Zr/c2*1-14-12-16-8-5-11-19(20(16)13-14)18-10-4-7-15-6-2-3-9-17(15)18;1-3-2;;/h2*2-13H,1H3;1-2H3;1H;/q2*-1;;;/p-1. The van der Waals surface area contributed by atoms with Crippen LogP contribution >= 0.6 is 0 Å². The molecule has 0 aliphatic carbocycles. The molecule has 0 unspecified atom stereocenters. The molecule has 8 aromatic rings. The fraction of sp³-hybridized carbons (Fsp3) is 0.0952. The van der Waals surface area contributed by atoms with Crippen molar-refractivity contribution in [3.8, 4) is 22.3 Å². The van der Waals surface area contributed by atoms with Gasteiger partial charge in [0, 0.05) is 0 Å². The van der Waals surface area contributed by atoms with E-state index >= 15 is 0 Å². The van der Waals surface area contributed by atoms with Crippen molar-refractivity contribution in [3.05, 3.63) is 157 Å². The molecule has 0 saturated heterocycles. The van der Waals surface area contributed by atoms with Crippen LogP contribution < -0.4 is 12.4 Å². The Balaban J connectivity index is 0.000000156. The normalized spacial score (nSPS) is 10.6. The number of hydrogen-bond acceptors (Lipinski definition) is 0. The Morgan fingerprint density at radius 1 is 0.444 bits per heavy atom. The quantitative estimate of drug-likeness (QED) is 0.123. The summed E-state index contributed by atoms with van der Waals surface area (Å²) in [4.78, 5) is 0. The van der Waals surface area contributed by atoms with Gasteiger partial charge in [-0.3, -0.25) is 0 Å². The maximum atomic E-state index is 2.37. The topological polar surface area (TPSA) is 0 Å². The molecular formula is C42H36ClGeZr-3. The van der Waals surface area contributed by atoms with Crippen molar-refractivity contribution in [3.63, 3.8) is 0 Å². The molecule has 0 spiro atoms. The minimum absolute atomic E-state index is 0. The summed E-state index contributed by atoms with van der Waals surface area (Å²) in [6, 6.07) is 52.5. The summed E-state index contributed by atoms with van der Waals surface area (Å²) in [5.41, 5.74) is 7.94. The summed E-state index contributed by atoms with van der Waals surface area (Å²) in [7, 11) is -0.243. The molecule has 0 aliphatic heterocycles. The molecular weight excluding hydrogens is 704 g/mol. The van der Waals surface area contributed by atoms with Gasteiger partial charge >= 0.3 is 43.1 Å². The molecule has 0 nitrogen and oxygen atoms in total. The van der Waals surface area contributed by atoms with Crippen LogP contribution in [0.2, 0.25) is 11.5 Å². The molecule has 0 aromatic heterocycles. The third-order valence-corrected chi connectivity index (χ3v) is 7.95. The van der Waals surface area contributed by atoms with E-state index in [1.54, 1.807) is 21.6 Å². The average Bonchev–Trinajstić information content (AvgIpc) is 3.61. The van der Waals surface area contributed by atoms with Crippen molar-refractivity contribution >= 4 is 53.1 Å². The predicted molar refractivity (Wildman–Crippen MR) is 192 cm³/mol. The molecule has 0 saturated carbocycles. The van der Waals surface area contributed by atoms with Crippen LogP contribution in [-0.2, 0) is 21.6 Å². The summed E-state index contributed by atoms with van der Waals surface area (Å²) in [5.74, 6) is 4.75. The SMILES string of the molecule is Cc1cc2c(-c3cccc4ccccc34)cccc2[cH-]1.Cc1cc2c(-c3cccc4ccccc34)cccc2[cH-]1.[CH3][Ge]([CH3])=[Zr].[Cl-]. The van der Waals surface area contributed by atoms with E-state index in [4.69, 9.17) is 0 Å². The van der Waals surface area contributed by atoms with Gasteiger partial charge in [-0.15, -0.1) is 69.1 Å². The summed E-state index contributed by atoms with van der Waals surface area (Å²) >= 11 is 1.80. The van der Waals surface area contributed by atoms with E-state index in [1.165, 1.54) is 76.5 Å². The van der Waals surface area contributed by atoms with Gasteiger partial charge in [0.25, 0.3) is 0 Å². The zero-order valence-corrected chi connectivity index (χ0v) is 31.5. The number of rotatable bonds is 2. The van der Waals surface area contributed by atoms with E-state index < -0.39 is 0 Å². The van der Waals surface area contributed by atoms with Gasteiger partial charge in [0.05, 0.1) is 0 Å². The average molecular weight is 740 g/mol. The Labute approximate surface area is 289 Å². The van der Waals surface area contributed by atoms with Crippen LogP contribution in [0.5, 0.6) is 0 Å². The Kier molecular flexibility index (Phi) is 11.0. The van der Waals surface area contributed by atoms with Gasteiger partial charge in [-0.05, 0) is 32.7 Å². The first kappa shape index (κ1) is 33.1. The van der Waals surface area contributed by atoms with Gasteiger partial charge in [-0.25, -0.2) is 0 Å². The summed E-state index contributed by atoms with van der Waals surface area (Å²) < 4.78 is 0. The Bertz CT molecular complexity index is 2080. The molecule has 8 rings (SSSR count). The molecule has 0 aliphatic rings. The molecule has 0 bridgehead atoms. The Morgan fingerprint density at radius 2 is 0.756 bits per heavy atom. The predicted octanol–water partition coefficient (Wildman–Crippen LogP) is 9.16. The minimum Gasteiger partial charge on any atom is -1.00 e. The molecule has 0 heterocycles. The number of fused-ring (bicyclic) bond motifs is 4. The molecule has 0 fully saturated rings. The number of benzene rings is 6. The monoisotopic (exact) mass is 739 g/mol. The molecule has 3 heteroatoms. The summed E-state index contributed by atoms with van der Waals surface area (Å²) in [6.45, 7) is 4.32.